The largest absolute Gasteiger partial charge is 0.462 e. The van der Waals surface area contributed by atoms with Crippen molar-refractivity contribution in [2.75, 3.05) is 18.5 Å². The van der Waals surface area contributed by atoms with Crippen molar-refractivity contribution < 1.29 is 19.1 Å². The van der Waals surface area contributed by atoms with Crippen LogP contribution in [0.1, 0.15) is 58.0 Å². The van der Waals surface area contributed by atoms with E-state index in [1.807, 2.05) is 6.92 Å². The Morgan fingerprint density at radius 3 is 2.37 bits per heavy atom. The maximum atomic E-state index is 12.5. The second-order valence-corrected chi connectivity index (χ2v) is 5.74. The first-order chi connectivity index (χ1) is 13.1. The van der Waals surface area contributed by atoms with Gasteiger partial charge in [-0.05, 0) is 37.6 Å². The van der Waals surface area contributed by atoms with Gasteiger partial charge in [-0.2, -0.15) is 0 Å². The van der Waals surface area contributed by atoms with Crippen molar-refractivity contribution in [3.8, 4) is 0 Å². The first-order valence-electron chi connectivity index (χ1n) is 8.89. The van der Waals surface area contributed by atoms with Crippen LogP contribution in [0.3, 0.4) is 0 Å². The number of aromatic nitrogens is 1. The normalized spacial score (nSPS) is 10.1. The van der Waals surface area contributed by atoms with Crippen molar-refractivity contribution in [1.29, 1.82) is 0 Å². The van der Waals surface area contributed by atoms with E-state index < -0.39 is 11.9 Å². The molecule has 0 saturated heterocycles. The number of carbonyl (C=O) groups excluding carboxylic acids is 3. The summed E-state index contributed by atoms with van der Waals surface area (Å²) >= 11 is 0. The molecule has 1 heterocycles. The maximum Gasteiger partial charge on any atom is 0.340 e. The van der Waals surface area contributed by atoms with Crippen molar-refractivity contribution in [1.82, 2.24) is 10.3 Å². The van der Waals surface area contributed by atoms with Crippen molar-refractivity contribution >= 4 is 23.5 Å². The predicted molar refractivity (Wildman–Crippen MR) is 102 cm³/mol. The zero-order valence-electron chi connectivity index (χ0n) is 15.5. The first kappa shape index (κ1) is 20.1. The number of hydrogen-bond acceptors (Lipinski definition) is 5. The number of pyridine rings is 1. The molecule has 0 unspecified atom stereocenters. The monoisotopic (exact) mass is 369 g/mol. The SMILES string of the molecule is CCCCNC(=O)c1cccc(C(=O)Nc2ccccc2C(=O)OCC)n1. The molecule has 0 radical (unpaired) electrons. The summed E-state index contributed by atoms with van der Waals surface area (Å²) in [6.45, 7) is 4.53. The topological polar surface area (TPSA) is 97.4 Å². The predicted octanol–water partition coefficient (Wildman–Crippen LogP) is 3.04. The van der Waals surface area contributed by atoms with Gasteiger partial charge in [-0.1, -0.05) is 31.5 Å². The molecule has 1 aromatic heterocycles. The van der Waals surface area contributed by atoms with Gasteiger partial charge in [0.15, 0.2) is 0 Å². The summed E-state index contributed by atoms with van der Waals surface area (Å²) in [5, 5.41) is 5.41. The molecule has 27 heavy (non-hydrogen) atoms. The molecule has 0 saturated carbocycles. The third-order valence-corrected chi connectivity index (χ3v) is 3.70. The van der Waals surface area contributed by atoms with Crippen molar-refractivity contribution in [3.63, 3.8) is 0 Å². The fourth-order valence-electron chi connectivity index (χ4n) is 2.32. The lowest BCUT2D eigenvalue weighted by atomic mass is 10.1. The average Bonchev–Trinajstić information content (AvgIpc) is 2.68. The molecule has 0 spiro atoms. The highest BCUT2D eigenvalue weighted by Crippen LogP contribution is 2.17. The number of unbranched alkanes of at least 4 members (excludes halogenated alkanes) is 1. The molecule has 142 valence electrons. The summed E-state index contributed by atoms with van der Waals surface area (Å²) in [5.41, 5.74) is 0.816. The van der Waals surface area contributed by atoms with Crippen molar-refractivity contribution in [2.24, 2.45) is 0 Å². The van der Waals surface area contributed by atoms with Gasteiger partial charge in [0, 0.05) is 6.54 Å². The lowest BCUT2D eigenvalue weighted by molar-refractivity contribution is 0.0527. The van der Waals surface area contributed by atoms with E-state index in [4.69, 9.17) is 4.74 Å². The summed E-state index contributed by atoms with van der Waals surface area (Å²) in [6.07, 6.45) is 1.84. The highest BCUT2D eigenvalue weighted by molar-refractivity contribution is 6.07. The number of esters is 1. The number of nitrogens with one attached hydrogen (secondary N) is 2. The Labute approximate surface area is 158 Å². The number of rotatable bonds is 8. The quantitative estimate of drug-likeness (QED) is 0.551. The Bertz CT molecular complexity index is 820. The van der Waals surface area contributed by atoms with Crippen LogP contribution in [0.15, 0.2) is 42.5 Å². The zero-order valence-corrected chi connectivity index (χ0v) is 15.5. The molecule has 0 aliphatic heterocycles. The molecule has 7 heteroatoms. The fourth-order valence-corrected chi connectivity index (χ4v) is 2.32. The molecule has 0 aliphatic carbocycles. The number of hydrogen-bond donors (Lipinski definition) is 2. The molecular weight excluding hydrogens is 346 g/mol. The van der Waals surface area contributed by atoms with Crippen LogP contribution < -0.4 is 10.6 Å². The zero-order chi connectivity index (χ0) is 19.6. The van der Waals surface area contributed by atoms with E-state index in [0.29, 0.717) is 12.2 Å². The third kappa shape index (κ3) is 5.64. The van der Waals surface area contributed by atoms with E-state index in [1.54, 1.807) is 43.3 Å². The Morgan fingerprint density at radius 1 is 0.963 bits per heavy atom. The second-order valence-electron chi connectivity index (χ2n) is 5.74. The number of nitrogens with zero attached hydrogens (tertiary/aromatic N) is 1. The van der Waals surface area contributed by atoms with Gasteiger partial charge in [0.05, 0.1) is 17.9 Å². The Morgan fingerprint density at radius 2 is 1.67 bits per heavy atom. The van der Waals surface area contributed by atoms with Gasteiger partial charge in [-0.25, -0.2) is 9.78 Å². The molecule has 2 amide bonds. The Kier molecular flexibility index (Phi) is 7.49. The number of amides is 2. The molecule has 0 aliphatic rings. The van der Waals surface area contributed by atoms with Gasteiger partial charge in [0.25, 0.3) is 11.8 Å². The van der Waals surface area contributed by atoms with Crippen LogP contribution in [0, 0.1) is 0 Å². The minimum absolute atomic E-state index is 0.0804. The summed E-state index contributed by atoms with van der Waals surface area (Å²) in [5.74, 6) is -1.37. The van der Waals surface area contributed by atoms with Crippen LogP contribution in [0.25, 0.3) is 0 Å². The molecule has 2 N–H and O–H groups in total. The van der Waals surface area contributed by atoms with Gasteiger partial charge < -0.3 is 15.4 Å². The number of para-hydroxylation sites is 1. The van der Waals surface area contributed by atoms with E-state index in [2.05, 4.69) is 15.6 Å². The molecule has 7 nitrogen and oxygen atoms in total. The van der Waals surface area contributed by atoms with E-state index in [1.165, 1.54) is 6.07 Å². The molecule has 1 aromatic carbocycles. The highest BCUT2D eigenvalue weighted by atomic mass is 16.5. The smallest absolute Gasteiger partial charge is 0.340 e. The van der Waals surface area contributed by atoms with E-state index in [0.717, 1.165) is 12.8 Å². The van der Waals surface area contributed by atoms with Crippen LogP contribution in [-0.2, 0) is 4.74 Å². The van der Waals surface area contributed by atoms with Crippen LogP contribution in [0.5, 0.6) is 0 Å². The van der Waals surface area contributed by atoms with Crippen LogP contribution >= 0.6 is 0 Å². The van der Waals surface area contributed by atoms with E-state index >= 15 is 0 Å². The van der Waals surface area contributed by atoms with Crippen LogP contribution in [0.2, 0.25) is 0 Å². The summed E-state index contributed by atoms with van der Waals surface area (Å²) in [6, 6.07) is 11.2. The van der Waals surface area contributed by atoms with E-state index in [-0.39, 0.29) is 29.5 Å². The van der Waals surface area contributed by atoms with Gasteiger partial charge in [-0.15, -0.1) is 0 Å². The third-order valence-electron chi connectivity index (χ3n) is 3.70. The fraction of sp³-hybridized carbons (Fsp3) is 0.300. The van der Waals surface area contributed by atoms with Crippen molar-refractivity contribution in [2.45, 2.75) is 26.7 Å². The molecular formula is C20H23N3O4. The molecule has 2 aromatic rings. The van der Waals surface area contributed by atoms with Gasteiger partial charge in [0.1, 0.15) is 11.4 Å². The summed E-state index contributed by atoms with van der Waals surface area (Å²) in [7, 11) is 0. The number of benzene rings is 1. The standard InChI is InChI=1S/C20H23N3O4/c1-3-5-13-21-18(24)16-11-8-12-17(22-16)19(25)23-15-10-7-6-9-14(15)20(26)27-4-2/h6-12H,3-5,13H2,1-2H3,(H,21,24)(H,23,25). The van der Waals surface area contributed by atoms with Gasteiger partial charge in [0.2, 0.25) is 0 Å². The number of carbonyl (C=O) groups is 3. The first-order valence-corrected chi connectivity index (χ1v) is 8.89. The highest BCUT2D eigenvalue weighted by Gasteiger charge is 2.16. The Hall–Kier alpha value is -3.22. The van der Waals surface area contributed by atoms with Crippen LogP contribution in [-0.4, -0.2) is 35.9 Å². The Balaban J connectivity index is 2.14. The average molecular weight is 369 g/mol. The van der Waals surface area contributed by atoms with Gasteiger partial charge >= 0.3 is 5.97 Å². The van der Waals surface area contributed by atoms with Crippen molar-refractivity contribution in [3.05, 3.63) is 59.4 Å². The molecule has 0 bridgehead atoms. The molecule has 2 rings (SSSR count). The number of ether oxygens (including phenoxy) is 1. The van der Waals surface area contributed by atoms with Crippen LogP contribution in [0.4, 0.5) is 5.69 Å². The van der Waals surface area contributed by atoms with E-state index in [9.17, 15) is 14.4 Å². The minimum atomic E-state index is -0.523. The molecule has 0 fully saturated rings. The second kappa shape index (κ2) is 10.1. The lowest BCUT2D eigenvalue weighted by Crippen LogP contribution is -2.26. The number of anilines is 1. The van der Waals surface area contributed by atoms with Gasteiger partial charge in [-0.3, -0.25) is 9.59 Å². The molecule has 0 atom stereocenters. The summed E-state index contributed by atoms with van der Waals surface area (Å²) < 4.78 is 4.99. The maximum absolute atomic E-state index is 12.5. The summed E-state index contributed by atoms with van der Waals surface area (Å²) in [4.78, 5) is 40.8. The lowest BCUT2D eigenvalue weighted by Gasteiger charge is -2.10. The minimum Gasteiger partial charge on any atom is -0.462 e.